The third kappa shape index (κ3) is 1.47. The first-order valence-corrected chi connectivity index (χ1v) is 5.02. The van der Waals surface area contributed by atoms with Crippen molar-refractivity contribution in [2.24, 2.45) is 0 Å². The summed E-state index contributed by atoms with van der Waals surface area (Å²) in [6.45, 7) is 0.840. The molecule has 1 aromatic rings. The molecule has 0 spiro atoms. The minimum absolute atomic E-state index is 0.00116. The number of phenolic OH excluding ortho intramolecular Hbond substituents is 2. The van der Waals surface area contributed by atoms with E-state index >= 15 is 0 Å². The molecule has 0 amide bonds. The quantitative estimate of drug-likeness (QED) is 0.729. The number of aromatic hydroxyl groups is 2. The van der Waals surface area contributed by atoms with Crippen LogP contribution in [0.25, 0.3) is 0 Å². The Morgan fingerprint density at radius 2 is 2.00 bits per heavy atom. The first-order chi connectivity index (χ1) is 7.47. The second-order valence-corrected chi connectivity index (χ2v) is 3.86. The summed E-state index contributed by atoms with van der Waals surface area (Å²) < 4.78 is 31.9. The maximum atomic E-state index is 13.5. The molecule has 2 rings (SSSR count). The molecule has 1 aliphatic heterocycles. The summed E-state index contributed by atoms with van der Waals surface area (Å²) in [4.78, 5) is 0. The molecular formula is C11H12F2O3. The zero-order chi connectivity index (χ0) is 11.9. The van der Waals surface area contributed by atoms with Gasteiger partial charge in [0.05, 0.1) is 5.92 Å². The molecule has 1 heterocycles. The topological polar surface area (TPSA) is 49.7 Å². The highest BCUT2D eigenvalue weighted by Gasteiger charge is 2.47. The van der Waals surface area contributed by atoms with Crippen molar-refractivity contribution in [2.75, 3.05) is 6.61 Å². The number of alkyl halides is 2. The van der Waals surface area contributed by atoms with E-state index in [0.29, 0.717) is 0 Å². The van der Waals surface area contributed by atoms with Crippen LogP contribution in [0, 0.1) is 0 Å². The summed E-state index contributed by atoms with van der Waals surface area (Å²) in [5.74, 6) is -4.66. The van der Waals surface area contributed by atoms with Crippen molar-refractivity contribution in [2.45, 2.75) is 25.2 Å². The van der Waals surface area contributed by atoms with Gasteiger partial charge in [-0.1, -0.05) is 6.92 Å². The van der Waals surface area contributed by atoms with Crippen molar-refractivity contribution in [3.05, 3.63) is 17.7 Å². The molecule has 5 heteroatoms. The lowest BCUT2D eigenvalue weighted by atomic mass is 9.87. The Balaban J connectivity index is 2.61. The number of hydrogen-bond donors (Lipinski definition) is 2. The van der Waals surface area contributed by atoms with Crippen LogP contribution in [-0.4, -0.2) is 22.7 Å². The van der Waals surface area contributed by atoms with Gasteiger partial charge in [0.15, 0.2) is 18.1 Å². The van der Waals surface area contributed by atoms with E-state index in [1.807, 2.05) is 0 Å². The van der Waals surface area contributed by atoms with E-state index in [1.54, 1.807) is 6.92 Å². The van der Waals surface area contributed by atoms with E-state index < -0.39 is 18.4 Å². The number of fused-ring (bicyclic) bond motifs is 1. The third-order valence-electron chi connectivity index (χ3n) is 2.83. The molecule has 1 aromatic carbocycles. The number of halogens is 2. The molecule has 0 fully saturated rings. The minimum atomic E-state index is -3.02. The van der Waals surface area contributed by atoms with Crippen LogP contribution in [0.15, 0.2) is 12.1 Å². The Bertz CT molecular complexity index is 418. The van der Waals surface area contributed by atoms with Crippen molar-refractivity contribution in [1.29, 1.82) is 0 Å². The molecule has 1 atom stereocenters. The summed E-state index contributed by atoms with van der Waals surface area (Å²) in [6.07, 6.45) is 0.167. The van der Waals surface area contributed by atoms with Crippen molar-refractivity contribution >= 4 is 0 Å². The van der Waals surface area contributed by atoms with Gasteiger partial charge in [0.1, 0.15) is 5.75 Å². The van der Waals surface area contributed by atoms with Gasteiger partial charge in [0.25, 0.3) is 5.92 Å². The Hall–Kier alpha value is -1.52. The summed E-state index contributed by atoms with van der Waals surface area (Å²) in [6, 6.07) is 2.42. The van der Waals surface area contributed by atoms with Crippen molar-refractivity contribution in [3.63, 3.8) is 0 Å². The van der Waals surface area contributed by atoms with Gasteiger partial charge < -0.3 is 14.9 Å². The highest BCUT2D eigenvalue weighted by atomic mass is 19.3. The lowest BCUT2D eigenvalue weighted by molar-refractivity contribution is -0.0790. The largest absolute Gasteiger partial charge is 0.508 e. The summed E-state index contributed by atoms with van der Waals surface area (Å²) in [5.41, 5.74) is -0.00116. The van der Waals surface area contributed by atoms with Crippen LogP contribution in [0.4, 0.5) is 8.78 Å². The van der Waals surface area contributed by atoms with Gasteiger partial charge >= 0.3 is 0 Å². The molecule has 0 radical (unpaired) electrons. The number of phenols is 2. The second-order valence-electron chi connectivity index (χ2n) is 3.86. The second kappa shape index (κ2) is 3.50. The zero-order valence-corrected chi connectivity index (χ0v) is 8.70. The van der Waals surface area contributed by atoms with Crippen molar-refractivity contribution in [3.8, 4) is 17.2 Å². The first-order valence-electron chi connectivity index (χ1n) is 5.02. The number of benzene rings is 1. The Morgan fingerprint density at radius 3 is 2.62 bits per heavy atom. The van der Waals surface area contributed by atoms with Crippen LogP contribution in [-0.2, 0) is 0 Å². The van der Waals surface area contributed by atoms with E-state index in [0.717, 1.165) is 0 Å². The fourth-order valence-corrected chi connectivity index (χ4v) is 2.05. The molecule has 88 valence electrons. The minimum Gasteiger partial charge on any atom is -0.508 e. The fraction of sp³-hybridized carbons (Fsp3) is 0.455. The van der Waals surface area contributed by atoms with Crippen LogP contribution in [0.1, 0.15) is 24.8 Å². The van der Waals surface area contributed by atoms with Gasteiger partial charge in [-0.3, -0.25) is 0 Å². The zero-order valence-electron chi connectivity index (χ0n) is 8.70. The van der Waals surface area contributed by atoms with Crippen molar-refractivity contribution < 1.29 is 23.7 Å². The Kier molecular flexibility index (Phi) is 2.40. The summed E-state index contributed by atoms with van der Waals surface area (Å²) in [5, 5.41) is 19.1. The van der Waals surface area contributed by atoms with Crippen LogP contribution in [0.3, 0.4) is 0 Å². The van der Waals surface area contributed by atoms with Gasteiger partial charge in [-0.2, -0.15) is 0 Å². The predicted octanol–water partition coefficient (Wildman–Crippen LogP) is 2.62. The molecule has 0 bridgehead atoms. The Morgan fingerprint density at radius 1 is 1.38 bits per heavy atom. The Labute approximate surface area is 91.3 Å². The third-order valence-corrected chi connectivity index (χ3v) is 2.83. The van der Waals surface area contributed by atoms with E-state index in [4.69, 9.17) is 4.74 Å². The van der Waals surface area contributed by atoms with Gasteiger partial charge in [-0.05, 0) is 18.6 Å². The van der Waals surface area contributed by atoms with Gasteiger partial charge in [0, 0.05) is 5.56 Å². The van der Waals surface area contributed by atoms with E-state index in [9.17, 15) is 19.0 Å². The summed E-state index contributed by atoms with van der Waals surface area (Å²) in [7, 11) is 0. The normalized spacial score (nSPS) is 22.3. The lowest BCUT2D eigenvalue weighted by Gasteiger charge is -2.33. The SMILES string of the molecule is CCC1c2c(O)ccc(O)c2OCC1(F)F. The lowest BCUT2D eigenvalue weighted by Crippen LogP contribution is -2.37. The standard InChI is InChI=1S/C11H12F2O3/c1-2-6-9-7(14)3-4-8(15)10(9)16-5-11(6,12)13/h3-4,6,14-15H,2,5H2,1H3. The molecule has 0 aromatic heterocycles. The average Bonchev–Trinajstić information content (AvgIpc) is 2.22. The molecule has 2 N–H and O–H groups in total. The maximum Gasteiger partial charge on any atom is 0.288 e. The molecule has 1 unspecified atom stereocenters. The number of hydrogen-bond acceptors (Lipinski definition) is 3. The van der Waals surface area contributed by atoms with Crippen LogP contribution in [0.5, 0.6) is 17.2 Å². The highest BCUT2D eigenvalue weighted by Crippen LogP contribution is 2.51. The number of rotatable bonds is 1. The molecule has 16 heavy (non-hydrogen) atoms. The highest BCUT2D eigenvalue weighted by molar-refractivity contribution is 5.56. The smallest absolute Gasteiger partial charge is 0.288 e. The van der Waals surface area contributed by atoms with Crippen LogP contribution in [0.2, 0.25) is 0 Å². The van der Waals surface area contributed by atoms with Gasteiger partial charge in [0.2, 0.25) is 0 Å². The first kappa shape index (κ1) is 11.0. The van der Waals surface area contributed by atoms with E-state index in [2.05, 4.69) is 0 Å². The molecule has 0 saturated heterocycles. The van der Waals surface area contributed by atoms with Gasteiger partial charge in [-0.25, -0.2) is 8.78 Å². The van der Waals surface area contributed by atoms with Crippen LogP contribution >= 0.6 is 0 Å². The predicted molar refractivity (Wildman–Crippen MR) is 53.2 cm³/mol. The van der Waals surface area contributed by atoms with E-state index in [-0.39, 0.29) is 29.2 Å². The van der Waals surface area contributed by atoms with Crippen molar-refractivity contribution in [1.82, 2.24) is 0 Å². The number of ether oxygens (including phenoxy) is 1. The monoisotopic (exact) mass is 230 g/mol. The molecule has 1 aliphatic rings. The van der Waals surface area contributed by atoms with Gasteiger partial charge in [-0.15, -0.1) is 0 Å². The maximum absolute atomic E-state index is 13.5. The molecule has 0 saturated carbocycles. The van der Waals surface area contributed by atoms with E-state index in [1.165, 1.54) is 12.1 Å². The van der Waals surface area contributed by atoms with Crippen LogP contribution < -0.4 is 4.74 Å². The molecular weight excluding hydrogens is 218 g/mol. The molecule has 3 nitrogen and oxygen atoms in total. The fourth-order valence-electron chi connectivity index (χ4n) is 2.05. The average molecular weight is 230 g/mol. The summed E-state index contributed by atoms with van der Waals surface area (Å²) >= 11 is 0. The molecule has 0 aliphatic carbocycles.